The molecule has 0 aromatic carbocycles. The number of hydrogen-bond donors (Lipinski definition) is 3. The van der Waals surface area contributed by atoms with Crippen LogP contribution in [0.1, 0.15) is 6.42 Å². The molecule has 1 heterocycles. The Labute approximate surface area is 111 Å². The average Bonchev–Trinajstić information content (AvgIpc) is 2.33. The smallest absolute Gasteiger partial charge is 0.326 e. The minimum Gasteiger partial charge on any atom is -0.480 e. The number of carboxylic acids is 1. The molecule has 0 aliphatic carbocycles. The molecule has 8 nitrogen and oxygen atoms in total. The Bertz CT molecular complexity index is 429. The number of rotatable bonds is 6. The minimum absolute atomic E-state index is 0.167. The van der Waals surface area contributed by atoms with Gasteiger partial charge < -0.3 is 20.5 Å². The molecular formula is C10H18N2O6S. The van der Waals surface area contributed by atoms with Crippen LogP contribution in [0.2, 0.25) is 0 Å². The van der Waals surface area contributed by atoms with E-state index in [9.17, 15) is 18.0 Å². The molecule has 0 aromatic rings. The third-order valence-electron chi connectivity index (χ3n) is 2.61. The SMILES string of the molecule is CS(=O)(=O)CCC(NC(=O)C1CNCCO1)C(=O)O. The van der Waals surface area contributed by atoms with Gasteiger partial charge in [-0.1, -0.05) is 0 Å². The molecule has 0 radical (unpaired) electrons. The van der Waals surface area contributed by atoms with Crippen molar-refractivity contribution in [3.63, 3.8) is 0 Å². The number of amides is 1. The second kappa shape index (κ2) is 6.83. The third-order valence-corrected chi connectivity index (χ3v) is 3.59. The van der Waals surface area contributed by atoms with Crippen molar-refractivity contribution < 1.29 is 27.9 Å². The molecule has 0 aromatic heterocycles. The molecule has 19 heavy (non-hydrogen) atoms. The lowest BCUT2D eigenvalue weighted by Gasteiger charge is -2.24. The zero-order valence-electron chi connectivity index (χ0n) is 10.6. The van der Waals surface area contributed by atoms with Crippen molar-refractivity contribution in [2.75, 3.05) is 31.7 Å². The van der Waals surface area contributed by atoms with Gasteiger partial charge in [0.25, 0.3) is 5.91 Å². The second-order valence-corrected chi connectivity index (χ2v) is 6.64. The van der Waals surface area contributed by atoms with Gasteiger partial charge in [0.05, 0.1) is 12.4 Å². The maximum absolute atomic E-state index is 11.7. The number of carboxylic acid groups (broad SMARTS) is 1. The fourth-order valence-corrected chi connectivity index (χ4v) is 2.25. The van der Waals surface area contributed by atoms with Gasteiger partial charge in [0.15, 0.2) is 0 Å². The maximum atomic E-state index is 11.7. The number of nitrogens with one attached hydrogen (secondary N) is 2. The second-order valence-electron chi connectivity index (χ2n) is 4.38. The van der Waals surface area contributed by atoms with Crippen LogP contribution in [0, 0.1) is 0 Å². The summed E-state index contributed by atoms with van der Waals surface area (Å²) in [6.45, 7) is 1.32. The Kier molecular flexibility index (Phi) is 5.70. The normalized spacial score (nSPS) is 21.6. The van der Waals surface area contributed by atoms with Gasteiger partial charge in [0, 0.05) is 19.3 Å². The molecule has 1 amide bonds. The summed E-state index contributed by atoms with van der Waals surface area (Å²) in [5.74, 6) is -2.11. The molecule has 1 fully saturated rings. The van der Waals surface area contributed by atoms with Crippen molar-refractivity contribution in [1.82, 2.24) is 10.6 Å². The first kappa shape index (κ1) is 15.9. The zero-order valence-corrected chi connectivity index (χ0v) is 11.4. The Hall–Kier alpha value is -1.19. The topological polar surface area (TPSA) is 122 Å². The van der Waals surface area contributed by atoms with E-state index in [2.05, 4.69) is 10.6 Å². The van der Waals surface area contributed by atoms with Gasteiger partial charge in [-0.25, -0.2) is 13.2 Å². The molecule has 1 saturated heterocycles. The Morgan fingerprint density at radius 3 is 2.68 bits per heavy atom. The summed E-state index contributed by atoms with van der Waals surface area (Å²) in [6, 6.07) is -1.23. The largest absolute Gasteiger partial charge is 0.480 e. The Morgan fingerprint density at radius 1 is 1.53 bits per heavy atom. The van der Waals surface area contributed by atoms with Crippen molar-refractivity contribution in [2.45, 2.75) is 18.6 Å². The van der Waals surface area contributed by atoms with E-state index >= 15 is 0 Å². The van der Waals surface area contributed by atoms with E-state index in [1.54, 1.807) is 0 Å². The van der Waals surface area contributed by atoms with E-state index in [1.807, 2.05) is 0 Å². The summed E-state index contributed by atoms with van der Waals surface area (Å²) in [6.07, 6.45) is 0.107. The lowest BCUT2D eigenvalue weighted by molar-refractivity contribution is -0.145. The van der Waals surface area contributed by atoms with E-state index < -0.39 is 33.9 Å². The maximum Gasteiger partial charge on any atom is 0.326 e. The summed E-state index contributed by atoms with van der Waals surface area (Å²) in [5, 5.41) is 14.2. The highest BCUT2D eigenvalue weighted by atomic mass is 32.2. The molecular weight excluding hydrogens is 276 g/mol. The number of hydrogen-bond acceptors (Lipinski definition) is 6. The fourth-order valence-electron chi connectivity index (χ4n) is 1.59. The van der Waals surface area contributed by atoms with Gasteiger partial charge in [-0.2, -0.15) is 0 Å². The first-order valence-corrected chi connectivity index (χ1v) is 7.89. The summed E-state index contributed by atoms with van der Waals surface area (Å²) in [5.41, 5.74) is 0. The van der Waals surface area contributed by atoms with Gasteiger partial charge in [0.2, 0.25) is 0 Å². The van der Waals surface area contributed by atoms with Crippen LogP contribution < -0.4 is 10.6 Å². The summed E-state index contributed by atoms with van der Waals surface area (Å²) in [4.78, 5) is 22.7. The standard InChI is InChI=1S/C10H18N2O6S/c1-19(16,17)5-2-7(10(14)15)12-9(13)8-6-11-3-4-18-8/h7-8,11H,2-6H2,1H3,(H,12,13)(H,14,15). The van der Waals surface area contributed by atoms with Crippen molar-refractivity contribution >= 4 is 21.7 Å². The first-order chi connectivity index (χ1) is 8.79. The van der Waals surface area contributed by atoms with Crippen molar-refractivity contribution in [2.24, 2.45) is 0 Å². The first-order valence-electron chi connectivity index (χ1n) is 5.83. The highest BCUT2D eigenvalue weighted by molar-refractivity contribution is 7.90. The molecule has 0 saturated carbocycles. The molecule has 1 rings (SSSR count). The predicted molar refractivity (Wildman–Crippen MR) is 66.5 cm³/mol. The zero-order chi connectivity index (χ0) is 14.5. The third kappa shape index (κ3) is 5.99. The monoisotopic (exact) mass is 294 g/mol. The fraction of sp³-hybridized carbons (Fsp3) is 0.800. The van der Waals surface area contributed by atoms with Crippen molar-refractivity contribution in [1.29, 1.82) is 0 Å². The van der Waals surface area contributed by atoms with Crippen LogP contribution in [0.4, 0.5) is 0 Å². The van der Waals surface area contributed by atoms with Crippen molar-refractivity contribution in [3.8, 4) is 0 Å². The minimum atomic E-state index is -3.27. The quantitative estimate of drug-likeness (QED) is 0.517. The van der Waals surface area contributed by atoms with Crippen LogP contribution in [0.15, 0.2) is 0 Å². The molecule has 9 heteroatoms. The average molecular weight is 294 g/mol. The Morgan fingerprint density at radius 2 is 2.21 bits per heavy atom. The van der Waals surface area contributed by atoms with Gasteiger partial charge in [-0.05, 0) is 6.42 Å². The van der Waals surface area contributed by atoms with Crippen LogP contribution in [-0.2, 0) is 24.2 Å². The molecule has 2 unspecified atom stereocenters. The highest BCUT2D eigenvalue weighted by Gasteiger charge is 2.27. The van der Waals surface area contributed by atoms with Crippen LogP contribution in [0.5, 0.6) is 0 Å². The van der Waals surface area contributed by atoms with Crippen LogP contribution in [0.3, 0.4) is 0 Å². The summed E-state index contributed by atoms with van der Waals surface area (Å²) < 4.78 is 27.2. The number of ether oxygens (including phenoxy) is 1. The number of carbonyl (C=O) groups excluding carboxylic acids is 1. The van der Waals surface area contributed by atoms with E-state index in [-0.39, 0.29) is 12.2 Å². The number of carbonyl (C=O) groups is 2. The van der Waals surface area contributed by atoms with Crippen molar-refractivity contribution in [3.05, 3.63) is 0 Å². The van der Waals surface area contributed by atoms with Gasteiger partial charge in [-0.15, -0.1) is 0 Å². The Balaban J connectivity index is 2.52. The van der Waals surface area contributed by atoms with E-state index in [1.165, 1.54) is 0 Å². The highest BCUT2D eigenvalue weighted by Crippen LogP contribution is 2.01. The molecule has 1 aliphatic rings. The molecule has 0 bridgehead atoms. The van der Waals surface area contributed by atoms with Gasteiger partial charge >= 0.3 is 5.97 Å². The van der Waals surface area contributed by atoms with Gasteiger partial charge in [-0.3, -0.25) is 4.79 Å². The summed E-state index contributed by atoms with van der Waals surface area (Å²) in [7, 11) is -3.27. The lowest BCUT2D eigenvalue weighted by Crippen LogP contribution is -2.52. The molecule has 0 spiro atoms. The predicted octanol–water partition coefficient (Wildman–Crippen LogP) is -2.02. The molecule has 3 N–H and O–H groups in total. The van der Waals surface area contributed by atoms with E-state index in [0.29, 0.717) is 19.7 Å². The van der Waals surface area contributed by atoms with Crippen LogP contribution >= 0.6 is 0 Å². The lowest BCUT2D eigenvalue weighted by atomic mass is 10.2. The van der Waals surface area contributed by atoms with Gasteiger partial charge in [0.1, 0.15) is 22.0 Å². The molecule has 1 aliphatic heterocycles. The van der Waals surface area contributed by atoms with E-state index in [0.717, 1.165) is 6.26 Å². The van der Waals surface area contributed by atoms with Crippen LogP contribution in [0.25, 0.3) is 0 Å². The number of aliphatic carboxylic acids is 1. The number of morpholine rings is 1. The summed E-state index contributed by atoms with van der Waals surface area (Å²) >= 11 is 0. The molecule has 2 atom stereocenters. The number of sulfone groups is 1. The van der Waals surface area contributed by atoms with E-state index in [4.69, 9.17) is 9.84 Å². The molecule has 110 valence electrons. The van der Waals surface area contributed by atoms with Crippen LogP contribution in [-0.4, -0.2) is 69.3 Å².